The number of hydrogen-bond donors (Lipinski definition) is 3. The van der Waals surface area contributed by atoms with Crippen molar-refractivity contribution in [3.63, 3.8) is 0 Å². The molecule has 2 aromatic rings. The molecule has 2 fully saturated rings. The van der Waals surface area contributed by atoms with Crippen LogP contribution < -0.4 is 10.0 Å². The number of carbonyl (C=O) groups is 2. The molecule has 0 spiro atoms. The van der Waals surface area contributed by atoms with Crippen molar-refractivity contribution in [2.45, 2.75) is 29.9 Å². The summed E-state index contributed by atoms with van der Waals surface area (Å²) in [5.41, 5.74) is 0.380. The van der Waals surface area contributed by atoms with Gasteiger partial charge in [-0.15, -0.1) is 11.3 Å². The normalized spacial score (nSPS) is 26.1. The number of carbonyl (C=O) groups excluding carboxylic acids is 1. The van der Waals surface area contributed by atoms with E-state index in [9.17, 15) is 23.1 Å². The van der Waals surface area contributed by atoms with Gasteiger partial charge in [-0.25, -0.2) is 13.4 Å². The molecular weight excluding hydrogens is 406 g/mol. The second-order valence-corrected chi connectivity index (χ2v) is 9.21. The number of thiazole rings is 1. The van der Waals surface area contributed by atoms with E-state index in [-0.39, 0.29) is 10.0 Å². The maximum atomic E-state index is 12.6. The number of fused-ring (bicyclic) bond motifs is 2. The van der Waals surface area contributed by atoms with Crippen LogP contribution in [0.15, 0.2) is 40.7 Å². The average molecular weight is 423 g/mol. The fourth-order valence-corrected chi connectivity index (χ4v) is 5.50. The Morgan fingerprint density at radius 3 is 2.43 bits per heavy atom. The molecule has 0 saturated carbocycles. The van der Waals surface area contributed by atoms with Gasteiger partial charge in [0.15, 0.2) is 5.13 Å². The van der Waals surface area contributed by atoms with Crippen LogP contribution in [0.1, 0.15) is 12.8 Å². The lowest BCUT2D eigenvalue weighted by Gasteiger charge is -2.23. The molecule has 1 aromatic heterocycles. The predicted octanol–water partition coefficient (Wildman–Crippen LogP) is 1.76. The van der Waals surface area contributed by atoms with Crippen LogP contribution >= 0.6 is 11.3 Å². The van der Waals surface area contributed by atoms with Crippen LogP contribution in [-0.2, 0) is 24.3 Å². The van der Waals surface area contributed by atoms with Crippen molar-refractivity contribution >= 4 is 44.1 Å². The van der Waals surface area contributed by atoms with Gasteiger partial charge in [-0.2, -0.15) is 0 Å². The lowest BCUT2D eigenvalue weighted by molar-refractivity contribution is -0.147. The Labute approximate surface area is 164 Å². The topological polar surface area (TPSA) is 135 Å². The lowest BCUT2D eigenvalue weighted by Crippen LogP contribution is -2.40. The molecule has 2 saturated heterocycles. The van der Waals surface area contributed by atoms with Crippen molar-refractivity contribution in [1.82, 2.24) is 4.98 Å². The molecule has 3 heterocycles. The predicted molar refractivity (Wildman–Crippen MR) is 101 cm³/mol. The van der Waals surface area contributed by atoms with E-state index in [0.29, 0.717) is 18.5 Å². The first-order chi connectivity index (χ1) is 13.3. The molecule has 1 amide bonds. The molecule has 4 rings (SSSR count). The second-order valence-electron chi connectivity index (χ2n) is 6.64. The van der Waals surface area contributed by atoms with Crippen molar-refractivity contribution < 1.29 is 27.9 Å². The molecule has 0 radical (unpaired) electrons. The molecule has 0 aliphatic carbocycles. The Balaban J connectivity index is 1.46. The summed E-state index contributed by atoms with van der Waals surface area (Å²) in [5, 5.41) is 14.0. The van der Waals surface area contributed by atoms with Gasteiger partial charge in [-0.05, 0) is 37.1 Å². The van der Waals surface area contributed by atoms with E-state index in [4.69, 9.17) is 4.74 Å². The number of aliphatic carboxylic acids is 1. The quantitative estimate of drug-likeness (QED) is 0.644. The van der Waals surface area contributed by atoms with Gasteiger partial charge >= 0.3 is 5.97 Å². The summed E-state index contributed by atoms with van der Waals surface area (Å²) in [6.45, 7) is 0. The van der Waals surface area contributed by atoms with Gasteiger partial charge in [0, 0.05) is 17.3 Å². The van der Waals surface area contributed by atoms with Crippen molar-refractivity contribution in [3.8, 4) is 0 Å². The zero-order chi connectivity index (χ0) is 19.9. The summed E-state index contributed by atoms with van der Waals surface area (Å²) in [4.78, 5) is 28.0. The number of hydrogen-bond acceptors (Lipinski definition) is 7. The maximum Gasteiger partial charge on any atom is 0.310 e. The molecule has 11 heteroatoms. The number of benzene rings is 1. The lowest BCUT2D eigenvalue weighted by atomic mass is 9.78. The highest BCUT2D eigenvalue weighted by Crippen LogP contribution is 2.44. The number of amides is 1. The summed E-state index contributed by atoms with van der Waals surface area (Å²) in [6.07, 6.45) is 1.97. The van der Waals surface area contributed by atoms with E-state index >= 15 is 0 Å². The Bertz CT molecular complexity index is 990. The summed E-state index contributed by atoms with van der Waals surface area (Å²) in [6, 6.07) is 5.63. The standard InChI is InChI=1S/C17H17N3O6S2/c21-15(13-11-5-6-12(26-11)14(13)16(22)23)19-9-1-3-10(4-2-9)28(24,25)20-17-18-7-8-27-17/h1-4,7-8,11-14H,5-6H2,(H,18,20)(H,19,21)(H,22,23)/t11-,12-,13-,14-/m0/s1. The van der Waals surface area contributed by atoms with Crippen molar-refractivity contribution in [3.05, 3.63) is 35.8 Å². The monoisotopic (exact) mass is 423 g/mol. The summed E-state index contributed by atoms with van der Waals surface area (Å²) < 4.78 is 32.6. The van der Waals surface area contributed by atoms with Gasteiger partial charge in [0.1, 0.15) is 0 Å². The molecule has 2 bridgehead atoms. The highest BCUT2D eigenvalue weighted by Gasteiger charge is 2.55. The first-order valence-electron chi connectivity index (χ1n) is 8.57. The fourth-order valence-electron chi connectivity index (χ4n) is 3.72. The van der Waals surface area contributed by atoms with Gasteiger partial charge < -0.3 is 15.2 Å². The third-order valence-electron chi connectivity index (χ3n) is 4.95. The number of sulfonamides is 1. The molecule has 2 aliphatic heterocycles. The highest BCUT2D eigenvalue weighted by molar-refractivity contribution is 7.93. The van der Waals surface area contributed by atoms with E-state index in [0.717, 1.165) is 11.3 Å². The third-order valence-corrected chi connectivity index (χ3v) is 7.12. The molecule has 148 valence electrons. The molecule has 4 atom stereocenters. The number of ether oxygens (including phenoxy) is 1. The van der Waals surface area contributed by atoms with Gasteiger partial charge in [-0.3, -0.25) is 14.3 Å². The number of anilines is 2. The summed E-state index contributed by atoms with van der Waals surface area (Å²) in [7, 11) is -3.78. The Hall–Kier alpha value is -2.50. The maximum absolute atomic E-state index is 12.6. The smallest absolute Gasteiger partial charge is 0.310 e. The number of carboxylic acid groups (broad SMARTS) is 1. The van der Waals surface area contributed by atoms with Crippen LogP contribution in [0.3, 0.4) is 0 Å². The van der Waals surface area contributed by atoms with Crippen LogP contribution in [0.2, 0.25) is 0 Å². The van der Waals surface area contributed by atoms with E-state index < -0.39 is 45.9 Å². The number of nitrogens with zero attached hydrogens (tertiary/aromatic N) is 1. The number of aromatic nitrogens is 1. The minimum absolute atomic E-state index is 0.0207. The molecule has 0 unspecified atom stereocenters. The van der Waals surface area contributed by atoms with E-state index in [1.807, 2.05) is 0 Å². The summed E-state index contributed by atoms with van der Waals surface area (Å²) in [5.74, 6) is -3.09. The molecular formula is C17H17N3O6S2. The van der Waals surface area contributed by atoms with Crippen LogP contribution in [0, 0.1) is 11.8 Å². The van der Waals surface area contributed by atoms with Crippen LogP contribution in [0.25, 0.3) is 0 Å². The van der Waals surface area contributed by atoms with Crippen LogP contribution in [-0.4, -0.2) is 42.6 Å². The van der Waals surface area contributed by atoms with Gasteiger partial charge in [0.05, 0.1) is 28.9 Å². The fraction of sp³-hybridized carbons (Fsp3) is 0.353. The number of carboxylic acids is 1. The van der Waals surface area contributed by atoms with Gasteiger partial charge in [-0.1, -0.05) is 0 Å². The molecule has 9 nitrogen and oxygen atoms in total. The van der Waals surface area contributed by atoms with Crippen LogP contribution in [0.4, 0.5) is 10.8 Å². The Morgan fingerprint density at radius 2 is 1.82 bits per heavy atom. The van der Waals surface area contributed by atoms with E-state index in [1.165, 1.54) is 30.5 Å². The van der Waals surface area contributed by atoms with Crippen molar-refractivity contribution in [2.75, 3.05) is 10.0 Å². The van der Waals surface area contributed by atoms with E-state index in [2.05, 4.69) is 15.0 Å². The Kier molecular flexibility index (Phi) is 4.81. The summed E-state index contributed by atoms with van der Waals surface area (Å²) >= 11 is 1.16. The SMILES string of the molecule is O=C(O)[C@@H]1[C@@H](C(=O)Nc2ccc(S(=O)(=O)Nc3nccs3)cc2)[C@@H]2CC[C@@H]1O2. The highest BCUT2D eigenvalue weighted by atomic mass is 32.2. The zero-order valence-corrected chi connectivity index (χ0v) is 16.1. The van der Waals surface area contributed by atoms with Gasteiger partial charge in [0.2, 0.25) is 5.91 Å². The molecule has 3 N–H and O–H groups in total. The second kappa shape index (κ2) is 7.15. The van der Waals surface area contributed by atoms with Crippen LogP contribution in [0.5, 0.6) is 0 Å². The minimum Gasteiger partial charge on any atom is -0.481 e. The van der Waals surface area contributed by atoms with Crippen molar-refractivity contribution in [1.29, 1.82) is 0 Å². The molecule has 2 aliphatic rings. The minimum atomic E-state index is -3.78. The Morgan fingerprint density at radius 1 is 1.14 bits per heavy atom. The zero-order valence-electron chi connectivity index (χ0n) is 14.4. The average Bonchev–Trinajstić information content (AvgIpc) is 3.38. The largest absolute Gasteiger partial charge is 0.481 e. The van der Waals surface area contributed by atoms with Gasteiger partial charge in [0.25, 0.3) is 10.0 Å². The first kappa shape index (κ1) is 18.8. The number of nitrogens with one attached hydrogen (secondary N) is 2. The first-order valence-corrected chi connectivity index (χ1v) is 10.9. The van der Waals surface area contributed by atoms with Crippen molar-refractivity contribution in [2.24, 2.45) is 11.8 Å². The molecule has 1 aromatic carbocycles. The third kappa shape index (κ3) is 3.48. The number of rotatable bonds is 6. The van der Waals surface area contributed by atoms with E-state index in [1.54, 1.807) is 5.38 Å². The molecule has 28 heavy (non-hydrogen) atoms.